The standard InChI is InChI=1S/C24H28FN3O3S/c1-3-31-24-11-10-20(15-21(24)25)32(29,30)26-16-23(22-9-6-13-27(22)2)28-14-12-18-7-4-5-8-19(18)17-28/h4-11,13,15,23,26H,3,12,14,16-17H2,1-2H3. The maximum Gasteiger partial charge on any atom is 0.240 e. The molecule has 0 amide bonds. The fourth-order valence-electron chi connectivity index (χ4n) is 4.22. The minimum Gasteiger partial charge on any atom is -0.491 e. The quantitative estimate of drug-likeness (QED) is 0.561. The van der Waals surface area contributed by atoms with Crippen molar-refractivity contribution in [2.24, 2.45) is 7.05 Å². The van der Waals surface area contributed by atoms with E-state index in [1.807, 2.05) is 42.1 Å². The van der Waals surface area contributed by atoms with Gasteiger partial charge in [-0.05, 0) is 54.8 Å². The number of ether oxygens (including phenoxy) is 1. The summed E-state index contributed by atoms with van der Waals surface area (Å²) in [5.74, 6) is -0.651. The van der Waals surface area contributed by atoms with Gasteiger partial charge in [0, 0.05) is 38.6 Å². The third-order valence-electron chi connectivity index (χ3n) is 5.91. The summed E-state index contributed by atoms with van der Waals surface area (Å²) in [4.78, 5) is 2.17. The number of hydrogen-bond donors (Lipinski definition) is 1. The Kier molecular flexibility index (Phi) is 6.64. The minimum absolute atomic E-state index is 0.0418. The highest BCUT2D eigenvalue weighted by molar-refractivity contribution is 7.89. The molecule has 1 unspecified atom stereocenters. The third-order valence-corrected chi connectivity index (χ3v) is 7.33. The van der Waals surface area contributed by atoms with Crippen LogP contribution >= 0.6 is 0 Å². The summed E-state index contributed by atoms with van der Waals surface area (Å²) in [6.07, 6.45) is 2.87. The van der Waals surface area contributed by atoms with Crippen LogP contribution in [0.3, 0.4) is 0 Å². The van der Waals surface area contributed by atoms with Crippen molar-refractivity contribution in [3.05, 3.63) is 83.4 Å². The Labute approximate surface area is 188 Å². The first kappa shape index (κ1) is 22.5. The van der Waals surface area contributed by atoms with Gasteiger partial charge in [-0.3, -0.25) is 4.90 Å². The van der Waals surface area contributed by atoms with E-state index in [1.165, 1.54) is 23.3 Å². The highest BCUT2D eigenvalue weighted by Gasteiger charge is 2.28. The lowest BCUT2D eigenvalue weighted by Gasteiger charge is -2.36. The Bertz CT molecular complexity index is 1190. The van der Waals surface area contributed by atoms with E-state index in [4.69, 9.17) is 4.74 Å². The summed E-state index contributed by atoms with van der Waals surface area (Å²) in [6, 6.07) is 15.9. The van der Waals surface area contributed by atoms with Crippen LogP contribution in [0.25, 0.3) is 0 Å². The van der Waals surface area contributed by atoms with Crippen LogP contribution < -0.4 is 9.46 Å². The number of aryl methyl sites for hydroxylation is 1. The van der Waals surface area contributed by atoms with Crippen molar-refractivity contribution in [3.8, 4) is 5.75 Å². The molecular weight excluding hydrogens is 429 g/mol. The summed E-state index contributed by atoms with van der Waals surface area (Å²) in [6.45, 7) is 3.79. The van der Waals surface area contributed by atoms with Crippen LogP contribution in [0.1, 0.15) is 29.8 Å². The average Bonchev–Trinajstić information content (AvgIpc) is 3.21. The van der Waals surface area contributed by atoms with Gasteiger partial charge < -0.3 is 9.30 Å². The van der Waals surface area contributed by atoms with Gasteiger partial charge in [-0.1, -0.05) is 24.3 Å². The number of sulfonamides is 1. The predicted octanol–water partition coefficient (Wildman–Crippen LogP) is 3.64. The molecule has 0 fully saturated rings. The maximum absolute atomic E-state index is 14.2. The zero-order valence-electron chi connectivity index (χ0n) is 18.3. The van der Waals surface area contributed by atoms with Crippen LogP contribution in [-0.4, -0.2) is 37.6 Å². The topological polar surface area (TPSA) is 63.6 Å². The van der Waals surface area contributed by atoms with Crippen molar-refractivity contribution in [1.82, 2.24) is 14.2 Å². The van der Waals surface area contributed by atoms with Gasteiger partial charge in [-0.25, -0.2) is 17.5 Å². The zero-order chi connectivity index (χ0) is 22.7. The van der Waals surface area contributed by atoms with E-state index in [2.05, 4.69) is 21.8 Å². The van der Waals surface area contributed by atoms with Crippen molar-refractivity contribution in [2.75, 3.05) is 19.7 Å². The van der Waals surface area contributed by atoms with Crippen LogP contribution in [0.2, 0.25) is 0 Å². The molecule has 8 heteroatoms. The molecule has 4 rings (SSSR count). The Hall–Kier alpha value is -2.68. The van der Waals surface area contributed by atoms with Crippen LogP contribution in [0, 0.1) is 5.82 Å². The molecule has 1 atom stereocenters. The normalized spacial score (nSPS) is 15.3. The van der Waals surface area contributed by atoms with Crippen molar-refractivity contribution in [3.63, 3.8) is 0 Å². The van der Waals surface area contributed by atoms with Gasteiger partial charge in [0.15, 0.2) is 11.6 Å². The average molecular weight is 458 g/mol. The highest BCUT2D eigenvalue weighted by atomic mass is 32.2. The lowest BCUT2D eigenvalue weighted by molar-refractivity contribution is 0.174. The van der Waals surface area contributed by atoms with Crippen molar-refractivity contribution >= 4 is 10.0 Å². The van der Waals surface area contributed by atoms with Crippen LogP contribution in [0.4, 0.5) is 4.39 Å². The Morgan fingerprint density at radius 3 is 2.59 bits per heavy atom. The van der Waals surface area contributed by atoms with Crippen LogP contribution in [0.15, 0.2) is 65.7 Å². The SMILES string of the molecule is CCOc1ccc(S(=O)(=O)NCC(c2cccn2C)N2CCc3ccccc3C2)cc1F. The Balaban J connectivity index is 1.56. The smallest absolute Gasteiger partial charge is 0.240 e. The lowest BCUT2D eigenvalue weighted by atomic mass is 9.98. The lowest BCUT2D eigenvalue weighted by Crippen LogP contribution is -2.41. The van der Waals surface area contributed by atoms with Gasteiger partial charge in [-0.15, -0.1) is 0 Å². The molecule has 0 aliphatic carbocycles. The first-order chi connectivity index (χ1) is 15.4. The largest absolute Gasteiger partial charge is 0.491 e. The van der Waals surface area contributed by atoms with E-state index < -0.39 is 15.8 Å². The molecule has 1 N–H and O–H groups in total. The second-order valence-corrected chi connectivity index (χ2v) is 9.69. The number of hydrogen-bond acceptors (Lipinski definition) is 4. The number of halogens is 1. The fraction of sp³-hybridized carbons (Fsp3) is 0.333. The third kappa shape index (κ3) is 4.72. The molecule has 0 spiro atoms. The number of nitrogens with zero attached hydrogens (tertiary/aromatic N) is 2. The van der Waals surface area contributed by atoms with Gasteiger partial charge in [-0.2, -0.15) is 0 Å². The molecule has 2 aromatic carbocycles. The number of nitrogens with one attached hydrogen (secondary N) is 1. The summed E-state index contributed by atoms with van der Waals surface area (Å²) < 4.78 is 50.0. The monoisotopic (exact) mass is 457 g/mol. The first-order valence-electron chi connectivity index (χ1n) is 10.7. The van der Waals surface area contributed by atoms with Gasteiger partial charge in [0.05, 0.1) is 17.5 Å². The molecule has 2 heterocycles. The van der Waals surface area contributed by atoms with E-state index in [-0.39, 0.29) is 23.2 Å². The van der Waals surface area contributed by atoms with Gasteiger partial charge in [0.2, 0.25) is 10.0 Å². The number of benzene rings is 2. The summed E-state index contributed by atoms with van der Waals surface area (Å²) in [5.41, 5.74) is 3.61. The molecule has 0 bridgehead atoms. The number of fused-ring (bicyclic) bond motifs is 1. The minimum atomic E-state index is -3.89. The van der Waals surface area contributed by atoms with E-state index >= 15 is 0 Å². The summed E-state index contributed by atoms with van der Waals surface area (Å²) in [5, 5.41) is 0. The van der Waals surface area contributed by atoms with Gasteiger partial charge in [0.25, 0.3) is 0 Å². The van der Waals surface area contributed by atoms with Crippen LogP contribution in [-0.2, 0) is 30.0 Å². The molecule has 3 aromatic rings. The molecule has 170 valence electrons. The summed E-state index contributed by atoms with van der Waals surface area (Å²) in [7, 11) is -1.94. The molecule has 0 saturated carbocycles. The van der Waals surface area contributed by atoms with E-state index in [0.29, 0.717) is 6.61 Å². The van der Waals surface area contributed by atoms with Gasteiger partial charge >= 0.3 is 0 Å². The number of rotatable bonds is 8. The van der Waals surface area contributed by atoms with E-state index in [1.54, 1.807) is 6.92 Å². The van der Waals surface area contributed by atoms with Crippen molar-refractivity contribution in [2.45, 2.75) is 30.8 Å². The Morgan fingerprint density at radius 2 is 1.91 bits per heavy atom. The molecule has 32 heavy (non-hydrogen) atoms. The van der Waals surface area contributed by atoms with Gasteiger partial charge in [0.1, 0.15) is 0 Å². The fourth-order valence-corrected chi connectivity index (χ4v) is 5.27. The maximum atomic E-state index is 14.2. The molecule has 1 aliphatic rings. The van der Waals surface area contributed by atoms with Crippen molar-refractivity contribution in [1.29, 1.82) is 0 Å². The molecule has 0 saturated heterocycles. The predicted molar refractivity (Wildman–Crippen MR) is 121 cm³/mol. The highest BCUT2D eigenvalue weighted by Crippen LogP contribution is 2.28. The molecular formula is C24H28FN3O3S. The molecule has 1 aromatic heterocycles. The van der Waals surface area contributed by atoms with Crippen LogP contribution in [0.5, 0.6) is 5.75 Å². The second-order valence-electron chi connectivity index (χ2n) is 7.93. The second kappa shape index (κ2) is 9.44. The zero-order valence-corrected chi connectivity index (χ0v) is 19.1. The van der Waals surface area contributed by atoms with E-state index in [0.717, 1.165) is 31.3 Å². The van der Waals surface area contributed by atoms with E-state index in [9.17, 15) is 12.8 Å². The molecule has 0 radical (unpaired) electrons. The Morgan fingerprint density at radius 1 is 1.12 bits per heavy atom. The van der Waals surface area contributed by atoms with Crippen molar-refractivity contribution < 1.29 is 17.5 Å². The molecule has 1 aliphatic heterocycles. The molecule has 6 nitrogen and oxygen atoms in total. The number of aromatic nitrogens is 1. The first-order valence-corrected chi connectivity index (χ1v) is 12.2. The summed E-state index contributed by atoms with van der Waals surface area (Å²) >= 11 is 0.